The zero-order chi connectivity index (χ0) is 16.2. The predicted molar refractivity (Wildman–Crippen MR) is 93.6 cm³/mol. The highest BCUT2D eigenvalue weighted by atomic mass is 15.4. The molecule has 118 valence electrons. The average molecular weight is 305 g/mol. The van der Waals surface area contributed by atoms with Gasteiger partial charge >= 0.3 is 0 Å². The van der Waals surface area contributed by atoms with Crippen molar-refractivity contribution >= 4 is 0 Å². The van der Waals surface area contributed by atoms with Crippen molar-refractivity contribution in [3.05, 3.63) is 82.7 Å². The largest absolute Gasteiger partial charge is 0.248 e. The SMILES string of the molecule is Cc1cccc(CC(C)c2cn(Cc3ccccc3)nn2)c1C. The van der Waals surface area contributed by atoms with Gasteiger partial charge < -0.3 is 0 Å². The second-order valence-electron chi connectivity index (χ2n) is 6.29. The van der Waals surface area contributed by atoms with Crippen molar-refractivity contribution in [3.63, 3.8) is 0 Å². The Labute approximate surface area is 138 Å². The molecule has 3 aromatic rings. The minimum absolute atomic E-state index is 0.361. The Hall–Kier alpha value is -2.42. The Morgan fingerprint density at radius 2 is 1.78 bits per heavy atom. The molecule has 2 aromatic carbocycles. The van der Waals surface area contributed by atoms with Crippen molar-refractivity contribution in [3.8, 4) is 0 Å². The van der Waals surface area contributed by atoms with Crippen LogP contribution in [-0.4, -0.2) is 15.0 Å². The van der Waals surface area contributed by atoms with Crippen molar-refractivity contribution in [2.45, 2.75) is 39.7 Å². The van der Waals surface area contributed by atoms with Gasteiger partial charge in [-0.05, 0) is 42.5 Å². The van der Waals surface area contributed by atoms with Crippen molar-refractivity contribution in [2.75, 3.05) is 0 Å². The second kappa shape index (κ2) is 6.78. The number of benzene rings is 2. The fourth-order valence-electron chi connectivity index (χ4n) is 2.85. The molecule has 0 aliphatic rings. The van der Waals surface area contributed by atoms with Crippen LogP contribution in [0.25, 0.3) is 0 Å². The van der Waals surface area contributed by atoms with E-state index >= 15 is 0 Å². The number of hydrogen-bond donors (Lipinski definition) is 0. The van der Waals surface area contributed by atoms with Gasteiger partial charge in [-0.15, -0.1) is 5.10 Å². The molecule has 3 nitrogen and oxygen atoms in total. The topological polar surface area (TPSA) is 30.7 Å². The summed E-state index contributed by atoms with van der Waals surface area (Å²) in [6.45, 7) is 7.35. The Morgan fingerprint density at radius 3 is 2.57 bits per heavy atom. The fourth-order valence-corrected chi connectivity index (χ4v) is 2.85. The van der Waals surface area contributed by atoms with Gasteiger partial charge in [0.2, 0.25) is 0 Å². The number of aromatic nitrogens is 3. The summed E-state index contributed by atoms with van der Waals surface area (Å²) in [6, 6.07) is 16.9. The van der Waals surface area contributed by atoms with Crippen LogP contribution in [-0.2, 0) is 13.0 Å². The van der Waals surface area contributed by atoms with E-state index < -0.39 is 0 Å². The van der Waals surface area contributed by atoms with Gasteiger partial charge in [-0.3, -0.25) is 0 Å². The zero-order valence-electron chi connectivity index (χ0n) is 14.0. The summed E-state index contributed by atoms with van der Waals surface area (Å²) in [5, 5.41) is 8.65. The summed E-state index contributed by atoms with van der Waals surface area (Å²) in [4.78, 5) is 0. The van der Waals surface area contributed by atoms with Crippen LogP contribution in [0.3, 0.4) is 0 Å². The fraction of sp³-hybridized carbons (Fsp3) is 0.300. The van der Waals surface area contributed by atoms with E-state index in [0.717, 1.165) is 18.7 Å². The molecule has 3 heteroatoms. The van der Waals surface area contributed by atoms with Crippen LogP contribution in [0.2, 0.25) is 0 Å². The maximum Gasteiger partial charge on any atom is 0.0858 e. The first kappa shape index (κ1) is 15.5. The minimum Gasteiger partial charge on any atom is -0.248 e. The molecule has 1 aromatic heterocycles. The third kappa shape index (κ3) is 3.67. The first-order valence-corrected chi connectivity index (χ1v) is 8.12. The quantitative estimate of drug-likeness (QED) is 0.704. The van der Waals surface area contributed by atoms with Gasteiger partial charge in [0.15, 0.2) is 0 Å². The van der Waals surface area contributed by atoms with Crippen LogP contribution in [0, 0.1) is 13.8 Å². The number of rotatable bonds is 5. The third-order valence-corrected chi connectivity index (χ3v) is 4.49. The maximum absolute atomic E-state index is 4.37. The lowest BCUT2D eigenvalue weighted by molar-refractivity contribution is 0.647. The molecule has 0 saturated heterocycles. The molecule has 0 N–H and O–H groups in total. The van der Waals surface area contributed by atoms with Crippen LogP contribution in [0.15, 0.2) is 54.7 Å². The predicted octanol–water partition coefficient (Wildman–Crippen LogP) is 4.29. The summed E-state index contributed by atoms with van der Waals surface area (Å²) in [5.74, 6) is 0.361. The molecule has 0 bridgehead atoms. The molecular weight excluding hydrogens is 282 g/mol. The smallest absolute Gasteiger partial charge is 0.0858 e. The van der Waals surface area contributed by atoms with Crippen LogP contribution in [0.5, 0.6) is 0 Å². The molecule has 0 fully saturated rings. The number of hydrogen-bond acceptors (Lipinski definition) is 2. The molecule has 1 unspecified atom stereocenters. The maximum atomic E-state index is 4.37. The first-order chi connectivity index (χ1) is 11.1. The molecule has 0 saturated carbocycles. The molecule has 0 amide bonds. The monoisotopic (exact) mass is 305 g/mol. The van der Waals surface area contributed by atoms with Gasteiger partial charge in [0.25, 0.3) is 0 Å². The third-order valence-electron chi connectivity index (χ3n) is 4.49. The Bertz CT molecular complexity index is 775. The van der Waals surface area contributed by atoms with E-state index in [1.54, 1.807) is 0 Å². The molecule has 3 rings (SSSR count). The van der Waals surface area contributed by atoms with Gasteiger partial charge in [0.1, 0.15) is 0 Å². The molecule has 1 atom stereocenters. The van der Waals surface area contributed by atoms with Crippen molar-refractivity contribution in [1.29, 1.82) is 0 Å². The summed E-state index contributed by atoms with van der Waals surface area (Å²) >= 11 is 0. The van der Waals surface area contributed by atoms with Crippen LogP contribution in [0.4, 0.5) is 0 Å². The summed E-state index contributed by atoms with van der Waals surface area (Å²) in [6.07, 6.45) is 3.07. The molecule has 1 heterocycles. The molecule has 0 aliphatic carbocycles. The van der Waals surface area contributed by atoms with E-state index in [2.05, 4.69) is 79.7 Å². The van der Waals surface area contributed by atoms with Crippen LogP contribution < -0.4 is 0 Å². The molecule has 0 spiro atoms. The van der Waals surface area contributed by atoms with E-state index in [9.17, 15) is 0 Å². The van der Waals surface area contributed by atoms with E-state index in [1.165, 1.54) is 22.3 Å². The molecule has 0 aliphatic heterocycles. The average Bonchev–Trinajstić information content (AvgIpc) is 3.01. The highest BCUT2D eigenvalue weighted by Gasteiger charge is 2.13. The van der Waals surface area contributed by atoms with Crippen LogP contribution in [0.1, 0.15) is 40.8 Å². The van der Waals surface area contributed by atoms with Gasteiger partial charge in [-0.2, -0.15) is 0 Å². The van der Waals surface area contributed by atoms with Gasteiger partial charge in [0, 0.05) is 12.1 Å². The molecule has 0 radical (unpaired) electrons. The van der Waals surface area contributed by atoms with E-state index in [1.807, 2.05) is 10.7 Å². The molecule has 23 heavy (non-hydrogen) atoms. The normalized spacial score (nSPS) is 12.3. The lowest BCUT2D eigenvalue weighted by Gasteiger charge is -2.12. The van der Waals surface area contributed by atoms with Crippen molar-refractivity contribution in [1.82, 2.24) is 15.0 Å². The van der Waals surface area contributed by atoms with Gasteiger partial charge in [-0.25, -0.2) is 4.68 Å². The van der Waals surface area contributed by atoms with E-state index in [4.69, 9.17) is 0 Å². The van der Waals surface area contributed by atoms with Crippen LogP contribution >= 0.6 is 0 Å². The van der Waals surface area contributed by atoms with Crippen molar-refractivity contribution < 1.29 is 0 Å². The van der Waals surface area contributed by atoms with Gasteiger partial charge in [-0.1, -0.05) is 60.7 Å². The summed E-state index contributed by atoms with van der Waals surface area (Å²) < 4.78 is 1.92. The van der Waals surface area contributed by atoms with Crippen molar-refractivity contribution in [2.24, 2.45) is 0 Å². The standard InChI is InChI=1S/C20H23N3/c1-15-8-7-11-19(17(15)3)12-16(2)20-14-23(22-21-20)13-18-9-5-4-6-10-18/h4-11,14,16H,12-13H2,1-3H3. The second-order valence-corrected chi connectivity index (χ2v) is 6.29. The lowest BCUT2D eigenvalue weighted by atomic mass is 9.93. The Kier molecular flexibility index (Phi) is 4.56. The highest BCUT2D eigenvalue weighted by molar-refractivity contribution is 5.34. The Morgan fingerprint density at radius 1 is 1.00 bits per heavy atom. The summed E-state index contributed by atoms with van der Waals surface area (Å²) in [5.41, 5.74) is 6.43. The van der Waals surface area contributed by atoms with E-state index in [-0.39, 0.29) is 0 Å². The summed E-state index contributed by atoms with van der Waals surface area (Å²) in [7, 11) is 0. The Balaban J connectivity index is 1.71. The lowest BCUT2D eigenvalue weighted by Crippen LogP contribution is -2.02. The zero-order valence-corrected chi connectivity index (χ0v) is 14.0. The number of aryl methyl sites for hydroxylation is 1. The number of nitrogens with zero attached hydrogens (tertiary/aromatic N) is 3. The highest BCUT2D eigenvalue weighted by Crippen LogP contribution is 2.22. The minimum atomic E-state index is 0.361. The first-order valence-electron chi connectivity index (χ1n) is 8.12. The van der Waals surface area contributed by atoms with Gasteiger partial charge in [0.05, 0.1) is 12.2 Å². The molecular formula is C20H23N3. The van der Waals surface area contributed by atoms with E-state index in [0.29, 0.717) is 5.92 Å².